The van der Waals surface area contributed by atoms with E-state index in [0.29, 0.717) is 12.8 Å². The molecule has 0 radical (unpaired) electrons. The minimum Gasteiger partial charge on any atom is -0.479 e. The van der Waals surface area contributed by atoms with E-state index < -0.39 is 11.5 Å². The van der Waals surface area contributed by atoms with Gasteiger partial charge in [-0.3, -0.25) is 14.5 Å². The number of carboxylic acid groups (broad SMARTS) is 1. The molecular formula is C15H19NO4. The van der Waals surface area contributed by atoms with Gasteiger partial charge in [-0.25, -0.2) is 4.79 Å². The van der Waals surface area contributed by atoms with Gasteiger partial charge in [-0.2, -0.15) is 0 Å². The molecule has 0 spiro atoms. The zero-order valence-electron chi connectivity index (χ0n) is 11.7. The fraction of sp³-hybridized carbons (Fsp3) is 0.667. The molecule has 1 saturated heterocycles. The van der Waals surface area contributed by atoms with Gasteiger partial charge in [0.25, 0.3) is 0 Å². The van der Waals surface area contributed by atoms with E-state index in [4.69, 9.17) is 0 Å². The summed E-state index contributed by atoms with van der Waals surface area (Å²) in [5.74, 6) is -2.08. The molecule has 1 N–H and O–H groups in total. The van der Waals surface area contributed by atoms with Crippen molar-refractivity contribution >= 4 is 17.8 Å². The molecule has 0 aromatic heterocycles. The maximum Gasteiger partial charge on any atom is 0.329 e. The maximum absolute atomic E-state index is 12.6. The Morgan fingerprint density at radius 2 is 1.80 bits per heavy atom. The van der Waals surface area contributed by atoms with Gasteiger partial charge < -0.3 is 5.11 Å². The van der Waals surface area contributed by atoms with E-state index in [1.165, 1.54) is 6.92 Å². The third-order valence-corrected chi connectivity index (χ3v) is 5.16. The average molecular weight is 277 g/mol. The molecule has 3 rings (SSSR count). The summed E-state index contributed by atoms with van der Waals surface area (Å²) < 4.78 is 0. The van der Waals surface area contributed by atoms with Gasteiger partial charge in [-0.15, -0.1) is 0 Å². The van der Waals surface area contributed by atoms with Crippen molar-refractivity contribution in [3.63, 3.8) is 0 Å². The molecule has 2 amide bonds. The van der Waals surface area contributed by atoms with Gasteiger partial charge in [0.1, 0.15) is 5.54 Å². The Morgan fingerprint density at radius 1 is 1.30 bits per heavy atom. The van der Waals surface area contributed by atoms with Crippen LogP contribution < -0.4 is 0 Å². The topological polar surface area (TPSA) is 74.7 Å². The Bertz CT molecular complexity index is 496. The standard InChI is InChI=1S/C15H19NO4/c1-3-6-15(2,14(19)20)16-12(17)10-8-4-5-9(7-8)11(10)13(16)18/h4-5,8-11H,3,6-7H2,1-2H3,(H,19,20). The summed E-state index contributed by atoms with van der Waals surface area (Å²) >= 11 is 0. The van der Waals surface area contributed by atoms with Crippen LogP contribution in [0.2, 0.25) is 0 Å². The van der Waals surface area contributed by atoms with Gasteiger partial charge in [-0.05, 0) is 31.6 Å². The lowest BCUT2D eigenvalue weighted by Crippen LogP contribution is -2.56. The monoisotopic (exact) mass is 277 g/mol. The van der Waals surface area contributed by atoms with E-state index in [1.54, 1.807) is 0 Å². The van der Waals surface area contributed by atoms with Crippen LogP contribution in [0.5, 0.6) is 0 Å². The Kier molecular flexibility index (Phi) is 2.78. The van der Waals surface area contributed by atoms with Gasteiger partial charge in [0.15, 0.2) is 0 Å². The van der Waals surface area contributed by atoms with Gasteiger partial charge in [0.05, 0.1) is 11.8 Å². The summed E-state index contributed by atoms with van der Waals surface area (Å²) in [6.07, 6.45) is 5.79. The molecule has 2 bridgehead atoms. The van der Waals surface area contributed by atoms with Crippen molar-refractivity contribution in [3.8, 4) is 0 Å². The number of fused-ring (bicyclic) bond motifs is 5. The van der Waals surface area contributed by atoms with Crippen molar-refractivity contribution in [1.29, 1.82) is 0 Å². The minimum atomic E-state index is -1.41. The van der Waals surface area contributed by atoms with Crippen LogP contribution in [0.3, 0.4) is 0 Å². The highest BCUT2D eigenvalue weighted by Gasteiger charge is 2.63. The molecule has 1 heterocycles. The number of aliphatic carboxylic acids is 1. The van der Waals surface area contributed by atoms with Crippen LogP contribution in [0, 0.1) is 23.7 Å². The van der Waals surface area contributed by atoms with Crippen molar-refractivity contribution in [2.24, 2.45) is 23.7 Å². The van der Waals surface area contributed by atoms with Crippen molar-refractivity contribution in [3.05, 3.63) is 12.2 Å². The first-order chi connectivity index (χ1) is 9.41. The van der Waals surface area contributed by atoms with Crippen LogP contribution in [-0.4, -0.2) is 33.3 Å². The molecule has 5 nitrogen and oxygen atoms in total. The van der Waals surface area contributed by atoms with E-state index in [9.17, 15) is 19.5 Å². The minimum absolute atomic E-state index is 0.117. The Morgan fingerprint density at radius 3 is 2.20 bits per heavy atom. The van der Waals surface area contributed by atoms with E-state index in [0.717, 1.165) is 11.3 Å². The zero-order chi connectivity index (χ0) is 14.7. The quantitative estimate of drug-likeness (QED) is 0.623. The lowest BCUT2D eigenvalue weighted by Gasteiger charge is -2.34. The highest BCUT2D eigenvalue weighted by Crippen LogP contribution is 2.53. The van der Waals surface area contributed by atoms with Gasteiger partial charge >= 0.3 is 5.97 Å². The number of hydrogen-bond acceptors (Lipinski definition) is 3. The molecule has 5 unspecified atom stereocenters. The third kappa shape index (κ3) is 1.46. The number of likely N-dealkylation sites (tertiary alicyclic amines) is 1. The van der Waals surface area contributed by atoms with Crippen molar-refractivity contribution < 1.29 is 19.5 Å². The molecular weight excluding hydrogens is 258 g/mol. The number of imide groups is 1. The largest absolute Gasteiger partial charge is 0.479 e. The summed E-state index contributed by atoms with van der Waals surface area (Å²) in [6, 6.07) is 0. The Hall–Kier alpha value is -1.65. The van der Waals surface area contributed by atoms with Crippen LogP contribution in [0.4, 0.5) is 0 Å². The second kappa shape index (κ2) is 4.17. The Balaban J connectivity index is 1.98. The summed E-state index contributed by atoms with van der Waals surface area (Å²) in [4.78, 5) is 37.9. The third-order valence-electron chi connectivity index (χ3n) is 5.16. The van der Waals surface area contributed by atoms with E-state index in [1.807, 2.05) is 19.1 Å². The molecule has 3 aliphatic rings. The molecule has 0 aromatic rings. The number of rotatable bonds is 4. The second-order valence-electron chi connectivity index (χ2n) is 6.34. The van der Waals surface area contributed by atoms with Crippen LogP contribution in [-0.2, 0) is 14.4 Å². The molecule has 1 aliphatic heterocycles. The zero-order valence-corrected chi connectivity index (χ0v) is 11.7. The fourth-order valence-electron chi connectivity index (χ4n) is 4.19. The van der Waals surface area contributed by atoms with E-state index in [-0.39, 0.29) is 35.5 Å². The lowest BCUT2D eigenvalue weighted by molar-refractivity contribution is -0.163. The molecule has 20 heavy (non-hydrogen) atoms. The average Bonchev–Trinajstić information content (AvgIpc) is 3.03. The predicted molar refractivity (Wildman–Crippen MR) is 70.5 cm³/mol. The van der Waals surface area contributed by atoms with Crippen LogP contribution >= 0.6 is 0 Å². The van der Waals surface area contributed by atoms with Crippen molar-refractivity contribution in [1.82, 2.24) is 4.90 Å². The smallest absolute Gasteiger partial charge is 0.329 e. The number of nitrogens with zero attached hydrogens (tertiary/aromatic N) is 1. The van der Waals surface area contributed by atoms with Gasteiger partial charge in [-0.1, -0.05) is 25.5 Å². The molecule has 2 fully saturated rings. The summed E-state index contributed by atoms with van der Waals surface area (Å²) in [6.45, 7) is 3.35. The number of carbonyl (C=O) groups excluding carboxylic acids is 2. The van der Waals surface area contributed by atoms with Crippen LogP contribution in [0.15, 0.2) is 12.2 Å². The molecule has 0 aromatic carbocycles. The van der Waals surface area contributed by atoms with Gasteiger partial charge in [0.2, 0.25) is 11.8 Å². The fourth-order valence-corrected chi connectivity index (χ4v) is 4.19. The van der Waals surface area contributed by atoms with E-state index >= 15 is 0 Å². The number of allylic oxidation sites excluding steroid dienone is 2. The normalized spacial score (nSPS) is 37.4. The number of hydrogen-bond donors (Lipinski definition) is 1. The summed E-state index contributed by atoms with van der Waals surface area (Å²) in [5, 5.41) is 9.51. The van der Waals surface area contributed by atoms with Crippen LogP contribution in [0.1, 0.15) is 33.1 Å². The molecule has 2 aliphatic carbocycles. The maximum atomic E-state index is 12.6. The highest BCUT2D eigenvalue weighted by atomic mass is 16.4. The predicted octanol–water partition coefficient (Wildman–Crippen LogP) is 1.44. The first-order valence-electron chi connectivity index (χ1n) is 7.21. The Labute approximate surface area is 117 Å². The molecule has 108 valence electrons. The highest BCUT2D eigenvalue weighted by molar-refractivity contribution is 6.09. The molecule has 1 saturated carbocycles. The lowest BCUT2D eigenvalue weighted by atomic mass is 9.85. The van der Waals surface area contributed by atoms with Gasteiger partial charge in [0, 0.05) is 0 Å². The van der Waals surface area contributed by atoms with E-state index in [2.05, 4.69) is 0 Å². The SMILES string of the molecule is CCCC(C)(C(=O)O)N1C(=O)C2C3C=CC(C3)C2C1=O. The number of carbonyl (C=O) groups is 3. The van der Waals surface area contributed by atoms with Crippen LogP contribution in [0.25, 0.3) is 0 Å². The first-order valence-corrected chi connectivity index (χ1v) is 7.21. The summed E-state index contributed by atoms with van der Waals surface area (Å²) in [5.41, 5.74) is -1.41. The number of amides is 2. The first kappa shape index (κ1) is 13.3. The molecule has 5 atom stereocenters. The van der Waals surface area contributed by atoms with Crippen molar-refractivity contribution in [2.75, 3.05) is 0 Å². The number of carboxylic acids is 1. The van der Waals surface area contributed by atoms with Crippen molar-refractivity contribution in [2.45, 2.75) is 38.6 Å². The summed E-state index contributed by atoms with van der Waals surface area (Å²) in [7, 11) is 0. The molecule has 5 heteroatoms. The second-order valence-corrected chi connectivity index (χ2v) is 6.34.